The Morgan fingerprint density at radius 1 is 1.22 bits per heavy atom. The van der Waals surface area contributed by atoms with Crippen LogP contribution >= 0.6 is 0 Å². The highest BCUT2D eigenvalue weighted by Gasteiger charge is 2.14. The van der Waals surface area contributed by atoms with Gasteiger partial charge >= 0.3 is 0 Å². The van der Waals surface area contributed by atoms with E-state index in [4.69, 9.17) is 15.2 Å². The van der Waals surface area contributed by atoms with E-state index >= 15 is 0 Å². The Bertz CT molecular complexity index is 459. The van der Waals surface area contributed by atoms with Gasteiger partial charge in [0.15, 0.2) is 9.84 Å². The van der Waals surface area contributed by atoms with Crippen molar-refractivity contribution < 1.29 is 17.9 Å². The van der Waals surface area contributed by atoms with Gasteiger partial charge in [-0.1, -0.05) is 12.1 Å². The van der Waals surface area contributed by atoms with Crippen molar-refractivity contribution in [1.29, 1.82) is 0 Å². The van der Waals surface area contributed by atoms with Crippen molar-refractivity contribution in [3.63, 3.8) is 0 Å². The van der Waals surface area contributed by atoms with Crippen LogP contribution in [0.5, 0.6) is 0 Å². The summed E-state index contributed by atoms with van der Waals surface area (Å²) in [6.45, 7) is 1.35. The largest absolute Gasteiger partial charge is 0.382 e. The zero-order valence-electron chi connectivity index (χ0n) is 10.5. The molecule has 18 heavy (non-hydrogen) atoms. The molecule has 0 aliphatic carbocycles. The third kappa shape index (κ3) is 4.73. The molecule has 0 saturated carbocycles. The van der Waals surface area contributed by atoms with Crippen molar-refractivity contribution in [2.75, 3.05) is 32.7 Å². The van der Waals surface area contributed by atoms with Gasteiger partial charge < -0.3 is 15.2 Å². The normalized spacial score (nSPS) is 11.7. The lowest BCUT2D eigenvalue weighted by Gasteiger charge is -2.07. The van der Waals surface area contributed by atoms with Gasteiger partial charge in [-0.2, -0.15) is 0 Å². The highest BCUT2D eigenvalue weighted by molar-refractivity contribution is 7.91. The molecule has 0 radical (unpaired) electrons. The molecule has 0 saturated heterocycles. The number of hydrogen-bond acceptors (Lipinski definition) is 5. The summed E-state index contributed by atoms with van der Waals surface area (Å²) in [5, 5.41) is 0. The van der Waals surface area contributed by atoms with Gasteiger partial charge in [0.05, 0.1) is 30.5 Å². The number of nitrogens with two attached hydrogens (primary N) is 1. The van der Waals surface area contributed by atoms with E-state index < -0.39 is 9.84 Å². The van der Waals surface area contributed by atoms with Gasteiger partial charge in [0, 0.05) is 13.7 Å². The van der Waals surface area contributed by atoms with Gasteiger partial charge in [-0.25, -0.2) is 8.42 Å². The zero-order valence-corrected chi connectivity index (χ0v) is 11.3. The highest BCUT2D eigenvalue weighted by atomic mass is 32.2. The number of rotatable bonds is 8. The molecule has 0 unspecified atom stereocenters. The lowest BCUT2D eigenvalue weighted by atomic mass is 10.2. The fourth-order valence-corrected chi connectivity index (χ4v) is 2.59. The number of sulfone groups is 1. The van der Waals surface area contributed by atoms with E-state index in [0.717, 1.165) is 5.56 Å². The van der Waals surface area contributed by atoms with E-state index in [1.165, 1.54) is 0 Å². The summed E-state index contributed by atoms with van der Waals surface area (Å²) in [5.74, 6) is -0.0370. The number of ether oxygens (including phenoxy) is 2. The molecule has 0 amide bonds. The van der Waals surface area contributed by atoms with Crippen LogP contribution in [-0.2, 0) is 25.9 Å². The van der Waals surface area contributed by atoms with Crippen molar-refractivity contribution >= 4 is 9.84 Å². The molecule has 0 aliphatic heterocycles. The van der Waals surface area contributed by atoms with Gasteiger partial charge in [-0.15, -0.1) is 0 Å². The fourth-order valence-electron chi connectivity index (χ4n) is 1.40. The molecule has 1 rings (SSSR count). The van der Waals surface area contributed by atoms with Crippen LogP contribution in [0.4, 0.5) is 0 Å². The average Bonchev–Trinajstić information content (AvgIpc) is 2.38. The first kappa shape index (κ1) is 15.1. The fraction of sp³-hybridized carbons (Fsp3) is 0.500. The summed E-state index contributed by atoms with van der Waals surface area (Å²) >= 11 is 0. The smallest absolute Gasteiger partial charge is 0.180 e. The molecular weight excluding hydrogens is 254 g/mol. The van der Waals surface area contributed by atoms with Gasteiger partial charge in [-0.05, 0) is 17.7 Å². The van der Waals surface area contributed by atoms with Crippen LogP contribution in [0.15, 0.2) is 29.2 Å². The van der Waals surface area contributed by atoms with Crippen molar-refractivity contribution in [3.05, 3.63) is 29.8 Å². The SMILES string of the molecule is COCCOCCS(=O)(=O)c1cccc(CN)c1. The minimum absolute atomic E-state index is 0.0370. The maximum Gasteiger partial charge on any atom is 0.180 e. The Morgan fingerprint density at radius 2 is 2.00 bits per heavy atom. The molecule has 0 spiro atoms. The summed E-state index contributed by atoms with van der Waals surface area (Å²) < 4.78 is 33.9. The van der Waals surface area contributed by atoms with Crippen LogP contribution in [0.2, 0.25) is 0 Å². The van der Waals surface area contributed by atoms with Crippen molar-refractivity contribution in [2.45, 2.75) is 11.4 Å². The number of hydrogen-bond donors (Lipinski definition) is 1. The molecule has 1 aromatic rings. The monoisotopic (exact) mass is 273 g/mol. The predicted molar refractivity (Wildman–Crippen MR) is 69.1 cm³/mol. The molecule has 6 heteroatoms. The quantitative estimate of drug-likeness (QED) is 0.701. The summed E-state index contributed by atoms with van der Waals surface area (Å²) in [7, 11) is -1.73. The third-order valence-corrected chi connectivity index (χ3v) is 4.10. The van der Waals surface area contributed by atoms with Crippen molar-refractivity contribution in [3.8, 4) is 0 Å². The molecule has 2 N–H and O–H groups in total. The van der Waals surface area contributed by atoms with Gasteiger partial charge in [0.25, 0.3) is 0 Å². The van der Waals surface area contributed by atoms with E-state index in [9.17, 15) is 8.42 Å². The first-order chi connectivity index (χ1) is 8.60. The zero-order chi connectivity index (χ0) is 13.4. The minimum Gasteiger partial charge on any atom is -0.382 e. The molecule has 0 atom stereocenters. The van der Waals surface area contributed by atoms with Crippen LogP contribution < -0.4 is 5.73 Å². The molecular formula is C12H19NO4S. The Hall–Kier alpha value is -0.950. The molecule has 1 aromatic carbocycles. The second-order valence-electron chi connectivity index (χ2n) is 3.78. The predicted octanol–water partition coefficient (Wildman–Crippen LogP) is 0.582. The van der Waals surface area contributed by atoms with Gasteiger partial charge in [0.2, 0.25) is 0 Å². The first-order valence-electron chi connectivity index (χ1n) is 5.68. The van der Waals surface area contributed by atoms with Crippen LogP contribution in [0.25, 0.3) is 0 Å². The Balaban J connectivity index is 2.57. The van der Waals surface area contributed by atoms with Crippen molar-refractivity contribution in [2.24, 2.45) is 5.73 Å². The van der Waals surface area contributed by atoms with E-state index in [-0.39, 0.29) is 12.4 Å². The molecule has 102 valence electrons. The molecule has 0 aliphatic rings. The Kier molecular flexibility index (Phi) is 6.28. The molecule has 0 aromatic heterocycles. The van der Waals surface area contributed by atoms with Crippen molar-refractivity contribution in [1.82, 2.24) is 0 Å². The Labute approximate surface area is 108 Å². The van der Waals surface area contributed by atoms with E-state index in [1.807, 2.05) is 0 Å². The summed E-state index contributed by atoms with van der Waals surface area (Å²) in [6.07, 6.45) is 0. The van der Waals surface area contributed by atoms with Crippen LogP contribution in [0.1, 0.15) is 5.56 Å². The summed E-state index contributed by atoms with van der Waals surface area (Å²) in [4.78, 5) is 0.292. The standard InChI is InChI=1S/C12H19NO4S/c1-16-5-6-17-7-8-18(14,15)12-4-2-3-11(9-12)10-13/h2-4,9H,5-8,10,13H2,1H3. The maximum absolute atomic E-state index is 12.0. The van der Waals surface area contributed by atoms with E-state index in [2.05, 4.69) is 0 Å². The molecule has 0 bridgehead atoms. The van der Waals surface area contributed by atoms with Crippen LogP contribution in [0, 0.1) is 0 Å². The van der Waals surface area contributed by atoms with E-state index in [1.54, 1.807) is 31.4 Å². The first-order valence-corrected chi connectivity index (χ1v) is 7.34. The topological polar surface area (TPSA) is 78.6 Å². The molecule has 5 nitrogen and oxygen atoms in total. The maximum atomic E-state index is 12.0. The second kappa shape index (κ2) is 7.48. The average molecular weight is 273 g/mol. The lowest BCUT2D eigenvalue weighted by Crippen LogP contribution is -2.14. The van der Waals surface area contributed by atoms with Crippen LogP contribution in [0.3, 0.4) is 0 Å². The summed E-state index contributed by atoms with van der Waals surface area (Å²) in [6, 6.07) is 6.67. The minimum atomic E-state index is -3.30. The van der Waals surface area contributed by atoms with Gasteiger partial charge in [0.1, 0.15) is 0 Å². The lowest BCUT2D eigenvalue weighted by molar-refractivity contribution is 0.0785. The summed E-state index contributed by atoms with van der Waals surface area (Å²) in [5.41, 5.74) is 6.29. The second-order valence-corrected chi connectivity index (χ2v) is 5.88. The third-order valence-electron chi connectivity index (χ3n) is 2.42. The number of benzene rings is 1. The molecule has 0 fully saturated rings. The van der Waals surface area contributed by atoms with Crippen LogP contribution in [-0.4, -0.2) is 41.1 Å². The number of methoxy groups -OCH3 is 1. The molecule has 0 heterocycles. The Morgan fingerprint density at radius 3 is 2.67 bits per heavy atom. The van der Waals surface area contributed by atoms with Gasteiger partial charge in [-0.3, -0.25) is 0 Å². The highest BCUT2D eigenvalue weighted by Crippen LogP contribution is 2.13. The van der Waals surface area contributed by atoms with E-state index in [0.29, 0.717) is 24.7 Å².